The lowest BCUT2D eigenvalue weighted by molar-refractivity contribution is 0.282. The second-order valence-electron chi connectivity index (χ2n) is 3.75. The van der Waals surface area contributed by atoms with Crippen LogP contribution in [0.4, 0.5) is 11.6 Å². The molecule has 16 heavy (non-hydrogen) atoms. The lowest BCUT2D eigenvalue weighted by Crippen LogP contribution is -2.19. The van der Waals surface area contributed by atoms with Crippen LogP contribution in [-0.2, 0) is 0 Å². The minimum Gasteiger partial charge on any atom is -0.396 e. The van der Waals surface area contributed by atoms with Crippen molar-refractivity contribution < 1.29 is 5.11 Å². The van der Waals surface area contributed by atoms with Crippen molar-refractivity contribution in [1.29, 1.82) is 0 Å². The first-order valence-electron chi connectivity index (χ1n) is 5.34. The molecule has 0 aromatic carbocycles. The van der Waals surface area contributed by atoms with Gasteiger partial charge in [-0.25, -0.2) is 15.8 Å². The first-order chi connectivity index (χ1) is 7.69. The van der Waals surface area contributed by atoms with Crippen LogP contribution in [0.15, 0.2) is 6.33 Å². The summed E-state index contributed by atoms with van der Waals surface area (Å²) in [6, 6.07) is 0.256. The first kappa shape index (κ1) is 12.7. The van der Waals surface area contributed by atoms with Crippen molar-refractivity contribution >= 4 is 11.6 Å². The number of aliphatic hydroxyl groups excluding tert-OH is 1. The molecule has 0 saturated heterocycles. The Hall–Kier alpha value is -1.40. The molecule has 0 amide bonds. The van der Waals surface area contributed by atoms with Crippen molar-refractivity contribution in [3.63, 3.8) is 0 Å². The van der Waals surface area contributed by atoms with Crippen LogP contribution in [0.2, 0.25) is 0 Å². The van der Waals surface area contributed by atoms with Crippen molar-refractivity contribution in [3.05, 3.63) is 11.9 Å². The van der Waals surface area contributed by atoms with E-state index in [0.717, 1.165) is 24.2 Å². The van der Waals surface area contributed by atoms with Gasteiger partial charge in [0.15, 0.2) is 0 Å². The van der Waals surface area contributed by atoms with E-state index < -0.39 is 0 Å². The van der Waals surface area contributed by atoms with E-state index in [9.17, 15) is 0 Å². The van der Waals surface area contributed by atoms with Gasteiger partial charge in [0.2, 0.25) is 0 Å². The van der Waals surface area contributed by atoms with Crippen LogP contribution in [0.1, 0.15) is 25.3 Å². The quantitative estimate of drug-likeness (QED) is 0.419. The van der Waals surface area contributed by atoms with Gasteiger partial charge < -0.3 is 15.8 Å². The van der Waals surface area contributed by atoms with Gasteiger partial charge in [-0.15, -0.1) is 0 Å². The molecule has 0 bridgehead atoms. The van der Waals surface area contributed by atoms with E-state index in [1.807, 2.05) is 13.8 Å². The molecule has 1 aromatic heterocycles. The average Bonchev–Trinajstić information content (AvgIpc) is 2.29. The lowest BCUT2D eigenvalue weighted by atomic mass is 10.2. The largest absolute Gasteiger partial charge is 0.396 e. The maximum absolute atomic E-state index is 8.74. The molecular formula is C10H19N5O. The summed E-state index contributed by atoms with van der Waals surface area (Å²) in [7, 11) is 0. The van der Waals surface area contributed by atoms with Gasteiger partial charge >= 0.3 is 0 Å². The number of aliphatic hydroxyl groups is 1. The highest BCUT2D eigenvalue weighted by atomic mass is 16.2. The monoisotopic (exact) mass is 225 g/mol. The van der Waals surface area contributed by atoms with Crippen molar-refractivity contribution in [3.8, 4) is 0 Å². The van der Waals surface area contributed by atoms with Crippen LogP contribution < -0.4 is 16.6 Å². The number of nitrogen functional groups attached to an aromatic ring is 1. The Balaban J connectivity index is 2.66. The lowest BCUT2D eigenvalue weighted by Gasteiger charge is -2.16. The zero-order chi connectivity index (χ0) is 12.0. The number of aromatic nitrogens is 2. The number of hydrogen-bond acceptors (Lipinski definition) is 6. The molecule has 6 nitrogen and oxygen atoms in total. The summed E-state index contributed by atoms with van der Waals surface area (Å²) in [5, 5.41) is 12.0. The minimum absolute atomic E-state index is 0.213. The average molecular weight is 225 g/mol. The van der Waals surface area contributed by atoms with Crippen LogP contribution in [0.5, 0.6) is 0 Å². The Kier molecular flexibility index (Phi) is 4.94. The zero-order valence-corrected chi connectivity index (χ0v) is 9.70. The number of hydrazine groups is 1. The smallest absolute Gasteiger partial charge is 0.148 e. The van der Waals surface area contributed by atoms with Gasteiger partial charge in [-0.3, -0.25) is 0 Å². The van der Waals surface area contributed by atoms with E-state index in [0.29, 0.717) is 5.82 Å². The fraction of sp³-hybridized carbons (Fsp3) is 0.600. The zero-order valence-electron chi connectivity index (χ0n) is 9.70. The van der Waals surface area contributed by atoms with E-state index in [2.05, 4.69) is 20.7 Å². The number of nitrogens with zero attached hydrogens (tertiary/aromatic N) is 2. The van der Waals surface area contributed by atoms with Gasteiger partial charge in [0, 0.05) is 18.2 Å². The van der Waals surface area contributed by atoms with Crippen LogP contribution in [0.25, 0.3) is 0 Å². The summed E-state index contributed by atoms with van der Waals surface area (Å²) in [5.74, 6) is 6.72. The molecule has 0 aliphatic rings. The maximum atomic E-state index is 8.74. The molecular weight excluding hydrogens is 206 g/mol. The molecule has 0 aliphatic heterocycles. The highest BCUT2D eigenvalue weighted by Gasteiger charge is 2.08. The predicted octanol–water partition coefficient (Wildman–Crippen LogP) is 0.644. The summed E-state index contributed by atoms with van der Waals surface area (Å²) in [6.07, 6.45) is 3.13. The predicted molar refractivity (Wildman–Crippen MR) is 64.0 cm³/mol. The van der Waals surface area contributed by atoms with Crippen LogP contribution in [-0.4, -0.2) is 27.7 Å². The standard InChI is InChI=1S/C10H19N5O/c1-7(4-3-5-16)14-9-8(2)10(15-11)13-6-12-9/h6-7,16H,3-5,11H2,1-2H3,(H2,12,13,14,15). The van der Waals surface area contributed by atoms with E-state index in [-0.39, 0.29) is 12.6 Å². The second kappa shape index (κ2) is 6.24. The highest BCUT2D eigenvalue weighted by Crippen LogP contribution is 2.18. The Bertz CT molecular complexity index is 331. The molecule has 0 saturated carbocycles. The minimum atomic E-state index is 0.213. The third kappa shape index (κ3) is 3.32. The maximum Gasteiger partial charge on any atom is 0.148 e. The van der Waals surface area contributed by atoms with E-state index in [1.54, 1.807) is 0 Å². The van der Waals surface area contributed by atoms with Crippen molar-refractivity contribution in [2.75, 3.05) is 17.3 Å². The Morgan fingerprint density at radius 2 is 2.12 bits per heavy atom. The summed E-state index contributed by atoms with van der Waals surface area (Å²) in [5.41, 5.74) is 3.41. The van der Waals surface area contributed by atoms with Gasteiger partial charge in [0.25, 0.3) is 0 Å². The molecule has 5 N–H and O–H groups in total. The molecule has 6 heteroatoms. The second-order valence-corrected chi connectivity index (χ2v) is 3.75. The molecule has 90 valence electrons. The molecule has 1 heterocycles. The number of anilines is 2. The molecule has 0 spiro atoms. The van der Waals surface area contributed by atoms with Gasteiger partial charge in [-0.1, -0.05) is 0 Å². The van der Waals surface area contributed by atoms with Gasteiger partial charge in [0.1, 0.15) is 18.0 Å². The number of nitrogens with two attached hydrogens (primary N) is 1. The molecule has 1 aromatic rings. The molecule has 1 rings (SSSR count). The van der Waals surface area contributed by atoms with E-state index >= 15 is 0 Å². The molecule has 1 atom stereocenters. The van der Waals surface area contributed by atoms with Gasteiger partial charge in [-0.2, -0.15) is 0 Å². The summed E-state index contributed by atoms with van der Waals surface area (Å²) >= 11 is 0. The van der Waals surface area contributed by atoms with Gasteiger partial charge in [0.05, 0.1) is 0 Å². The van der Waals surface area contributed by atoms with E-state index in [4.69, 9.17) is 10.9 Å². The van der Waals surface area contributed by atoms with Crippen molar-refractivity contribution in [1.82, 2.24) is 9.97 Å². The topological polar surface area (TPSA) is 96.1 Å². The molecule has 1 unspecified atom stereocenters. The summed E-state index contributed by atoms with van der Waals surface area (Å²) < 4.78 is 0. The fourth-order valence-electron chi connectivity index (χ4n) is 1.44. The van der Waals surface area contributed by atoms with Crippen LogP contribution in [0, 0.1) is 6.92 Å². The first-order valence-corrected chi connectivity index (χ1v) is 5.34. The third-order valence-electron chi connectivity index (χ3n) is 2.40. The number of rotatable bonds is 6. The third-order valence-corrected chi connectivity index (χ3v) is 2.40. The summed E-state index contributed by atoms with van der Waals surface area (Å²) in [6.45, 7) is 4.16. The Morgan fingerprint density at radius 1 is 1.44 bits per heavy atom. The SMILES string of the molecule is Cc1c(NN)ncnc1NC(C)CCCO. The molecule has 0 aliphatic carbocycles. The Labute approximate surface area is 95.3 Å². The van der Waals surface area contributed by atoms with E-state index in [1.165, 1.54) is 6.33 Å². The fourth-order valence-corrected chi connectivity index (χ4v) is 1.44. The summed E-state index contributed by atoms with van der Waals surface area (Å²) in [4.78, 5) is 8.15. The molecule has 0 radical (unpaired) electrons. The van der Waals surface area contributed by atoms with Crippen molar-refractivity contribution in [2.24, 2.45) is 5.84 Å². The van der Waals surface area contributed by atoms with Crippen molar-refractivity contribution in [2.45, 2.75) is 32.7 Å². The number of hydrogen-bond donors (Lipinski definition) is 4. The van der Waals surface area contributed by atoms with Gasteiger partial charge in [-0.05, 0) is 26.7 Å². The van der Waals surface area contributed by atoms with Crippen LogP contribution in [0.3, 0.4) is 0 Å². The van der Waals surface area contributed by atoms with Crippen LogP contribution >= 0.6 is 0 Å². The highest BCUT2D eigenvalue weighted by molar-refractivity contribution is 5.56. The Morgan fingerprint density at radius 3 is 2.75 bits per heavy atom. The normalized spacial score (nSPS) is 12.2. The molecule has 0 fully saturated rings. The number of nitrogens with one attached hydrogen (secondary N) is 2.